The molecule has 0 aromatic rings. The van der Waals surface area contributed by atoms with Crippen LogP contribution in [0.1, 0.15) is 19.8 Å². The Morgan fingerprint density at radius 1 is 1.50 bits per heavy atom. The molecule has 1 rings (SSSR count). The minimum atomic E-state index is -0.396. The lowest BCUT2D eigenvalue weighted by Crippen LogP contribution is -2.47. The van der Waals surface area contributed by atoms with E-state index in [2.05, 4.69) is 0 Å². The van der Waals surface area contributed by atoms with Crippen molar-refractivity contribution in [1.82, 2.24) is 0 Å². The largest absolute Gasteiger partial charge is 0.381 e. The van der Waals surface area contributed by atoms with Crippen LogP contribution in [-0.4, -0.2) is 25.5 Å². The third kappa shape index (κ3) is 1.94. The van der Waals surface area contributed by atoms with Crippen LogP contribution in [0.5, 0.6) is 0 Å². The molecule has 0 unspecified atom stereocenters. The van der Waals surface area contributed by atoms with Crippen LogP contribution in [0.25, 0.3) is 0 Å². The Balaban J connectivity index is 2.32. The molecule has 0 atom stereocenters. The maximum atomic E-state index is 5.87. The van der Waals surface area contributed by atoms with Crippen molar-refractivity contribution in [3.63, 3.8) is 0 Å². The monoisotopic (exact) mass is 145 g/mol. The molecule has 1 fully saturated rings. The van der Waals surface area contributed by atoms with Crippen LogP contribution < -0.4 is 5.73 Å². The highest BCUT2D eigenvalue weighted by Crippen LogP contribution is 2.18. The number of ether oxygens (including phenoxy) is 2. The molecule has 1 saturated heterocycles. The van der Waals surface area contributed by atoms with Crippen molar-refractivity contribution < 1.29 is 9.47 Å². The van der Waals surface area contributed by atoms with E-state index in [1.807, 2.05) is 6.92 Å². The van der Waals surface area contributed by atoms with E-state index in [9.17, 15) is 0 Å². The molecule has 60 valence electrons. The van der Waals surface area contributed by atoms with Gasteiger partial charge in [0.2, 0.25) is 0 Å². The van der Waals surface area contributed by atoms with Crippen molar-refractivity contribution in [2.24, 2.45) is 5.73 Å². The Morgan fingerprint density at radius 3 is 2.60 bits per heavy atom. The van der Waals surface area contributed by atoms with Crippen LogP contribution in [0, 0.1) is 0 Å². The van der Waals surface area contributed by atoms with Crippen LogP contribution in [0.2, 0.25) is 0 Å². The van der Waals surface area contributed by atoms with E-state index in [4.69, 9.17) is 15.2 Å². The molecule has 0 saturated carbocycles. The van der Waals surface area contributed by atoms with Gasteiger partial charge in [-0.15, -0.1) is 0 Å². The Hall–Kier alpha value is -0.120. The first-order chi connectivity index (χ1) is 4.77. The zero-order valence-corrected chi connectivity index (χ0v) is 6.43. The third-order valence-corrected chi connectivity index (χ3v) is 1.77. The third-order valence-electron chi connectivity index (χ3n) is 1.77. The van der Waals surface area contributed by atoms with Crippen molar-refractivity contribution in [3.05, 3.63) is 0 Å². The van der Waals surface area contributed by atoms with Gasteiger partial charge < -0.3 is 15.2 Å². The van der Waals surface area contributed by atoms with Gasteiger partial charge in [-0.2, -0.15) is 0 Å². The fraction of sp³-hybridized carbons (Fsp3) is 1.00. The van der Waals surface area contributed by atoms with Gasteiger partial charge in [0.15, 0.2) is 0 Å². The summed E-state index contributed by atoms with van der Waals surface area (Å²) in [5, 5.41) is 0. The summed E-state index contributed by atoms with van der Waals surface area (Å²) >= 11 is 0. The Morgan fingerprint density at radius 2 is 2.10 bits per heavy atom. The summed E-state index contributed by atoms with van der Waals surface area (Å²) < 4.78 is 10.5. The summed E-state index contributed by atoms with van der Waals surface area (Å²) in [6.45, 7) is 4.12. The quantitative estimate of drug-likeness (QED) is 0.575. The second-order valence-corrected chi connectivity index (χ2v) is 2.61. The summed E-state index contributed by atoms with van der Waals surface area (Å²) in [5.74, 6) is 0. The lowest BCUT2D eigenvalue weighted by atomic mass is 10.1. The molecule has 0 aromatic carbocycles. The predicted octanol–water partition coefficient (Wildman–Crippen LogP) is 0.488. The fourth-order valence-corrected chi connectivity index (χ4v) is 1.15. The van der Waals surface area contributed by atoms with Gasteiger partial charge in [0, 0.05) is 19.4 Å². The molecule has 0 spiro atoms. The van der Waals surface area contributed by atoms with Crippen molar-refractivity contribution >= 4 is 0 Å². The molecular formula is C7H15NO2. The zero-order chi connectivity index (χ0) is 7.45. The normalized spacial score (nSPS) is 24.6. The van der Waals surface area contributed by atoms with Gasteiger partial charge in [0.1, 0.15) is 5.72 Å². The highest BCUT2D eigenvalue weighted by atomic mass is 16.5. The first-order valence-electron chi connectivity index (χ1n) is 3.77. The number of hydrogen-bond donors (Lipinski definition) is 1. The van der Waals surface area contributed by atoms with Gasteiger partial charge >= 0.3 is 0 Å². The first kappa shape index (κ1) is 7.98. The molecular weight excluding hydrogens is 130 g/mol. The van der Waals surface area contributed by atoms with E-state index < -0.39 is 5.72 Å². The van der Waals surface area contributed by atoms with Crippen molar-refractivity contribution in [2.75, 3.05) is 19.8 Å². The summed E-state index contributed by atoms with van der Waals surface area (Å²) in [5.41, 5.74) is 5.47. The lowest BCUT2D eigenvalue weighted by Gasteiger charge is -2.32. The maximum absolute atomic E-state index is 5.87. The second kappa shape index (κ2) is 3.32. The van der Waals surface area contributed by atoms with Crippen LogP contribution in [0.3, 0.4) is 0 Å². The van der Waals surface area contributed by atoms with Crippen LogP contribution in [0.15, 0.2) is 0 Å². The summed E-state index contributed by atoms with van der Waals surface area (Å²) in [4.78, 5) is 0. The van der Waals surface area contributed by atoms with Gasteiger partial charge in [-0.1, -0.05) is 0 Å². The SMILES string of the molecule is CCOC1(N)CCOCC1. The average molecular weight is 145 g/mol. The van der Waals surface area contributed by atoms with Gasteiger partial charge in [-0.25, -0.2) is 0 Å². The molecule has 1 heterocycles. The van der Waals surface area contributed by atoms with E-state index >= 15 is 0 Å². The average Bonchev–Trinajstić information content (AvgIpc) is 1.89. The van der Waals surface area contributed by atoms with E-state index in [0.29, 0.717) is 6.61 Å². The molecule has 1 aliphatic rings. The highest BCUT2D eigenvalue weighted by molar-refractivity contribution is 4.75. The van der Waals surface area contributed by atoms with E-state index in [1.54, 1.807) is 0 Å². The minimum absolute atomic E-state index is 0.396. The molecule has 10 heavy (non-hydrogen) atoms. The predicted molar refractivity (Wildman–Crippen MR) is 38.6 cm³/mol. The Kier molecular flexibility index (Phi) is 2.65. The maximum Gasteiger partial charge on any atom is 0.121 e. The highest BCUT2D eigenvalue weighted by Gasteiger charge is 2.27. The minimum Gasteiger partial charge on any atom is -0.381 e. The van der Waals surface area contributed by atoms with Gasteiger partial charge in [-0.05, 0) is 6.92 Å². The summed E-state index contributed by atoms with van der Waals surface area (Å²) in [7, 11) is 0. The molecule has 1 aliphatic heterocycles. The topological polar surface area (TPSA) is 44.5 Å². The molecule has 0 radical (unpaired) electrons. The molecule has 0 bridgehead atoms. The van der Waals surface area contributed by atoms with Crippen molar-refractivity contribution in [1.29, 1.82) is 0 Å². The molecule has 3 heteroatoms. The Bertz CT molecular complexity index is 94.3. The van der Waals surface area contributed by atoms with Crippen molar-refractivity contribution in [2.45, 2.75) is 25.5 Å². The fourth-order valence-electron chi connectivity index (χ4n) is 1.15. The van der Waals surface area contributed by atoms with Crippen LogP contribution in [-0.2, 0) is 9.47 Å². The number of nitrogens with two attached hydrogens (primary N) is 1. The van der Waals surface area contributed by atoms with Gasteiger partial charge in [-0.3, -0.25) is 0 Å². The van der Waals surface area contributed by atoms with E-state index in [1.165, 1.54) is 0 Å². The zero-order valence-electron chi connectivity index (χ0n) is 6.43. The second-order valence-electron chi connectivity index (χ2n) is 2.61. The molecule has 0 amide bonds. The number of rotatable bonds is 2. The van der Waals surface area contributed by atoms with E-state index in [0.717, 1.165) is 26.1 Å². The molecule has 3 nitrogen and oxygen atoms in total. The van der Waals surface area contributed by atoms with Gasteiger partial charge in [0.25, 0.3) is 0 Å². The summed E-state index contributed by atoms with van der Waals surface area (Å²) in [6, 6.07) is 0. The van der Waals surface area contributed by atoms with Crippen molar-refractivity contribution in [3.8, 4) is 0 Å². The van der Waals surface area contributed by atoms with E-state index in [-0.39, 0.29) is 0 Å². The standard InChI is InChI=1S/C7H15NO2/c1-2-10-7(8)3-5-9-6-4-7/h2-6,8H2,1H3. The lowest BCUT2D eigenvalue weighted by molar-refractivity contribution is -0.103. The first-order valence-corrected chi connectivity index (χ1v) is 3.77. The number of hydrogen-bond acceptors (Lipinski definition) is 3. The Labute approximate surface area is 61.5 Å². The van der Waals surface area contributed by atoms with Gasteiger partial charge in [0.05, 0.1) is 13.2 Å². The summed E-state index contributed by atoms with van der Waals surface area (Å²) in [6.07, 6.45) is 1.64. The smallest absolute Gasteiger partial charge is 0.121 e. The molecule has 0 aromatic heterocycles. The molecule has 2 N–H and O–H groups in total. The van der Waals surface area contributed by atoms with Crippen LogP contribution in [0.4, 0.5) is 0 Å². The van der Waals surface area contributed by atoms with Crippen LogP contribution >= 0.6 is 0 Å². The molecule has 0 aliphatic carbocycles.